The second-order valence-corrected chi connectivity index (χ2v) is 3.93. The molecule has 2 N–H and O–H groups in total. The molecule has 100 valence electrons. The number of ether oxygens (including phenoxy) is 1. The van der Waals surface area contributed by atoms with Crippen molar-refractivity contribution in [2.24, 2.45) is 5.73 Å². The highest BCUT2D eigenvalue weighted by Crippen LogP contribution is 1.92. The fraction of sp³-hybridized carbons (Fsp3) is 0.818. The van der Waals surface area contributed by atoms with E-state index in [1.165, 1.54) is 0 Å². The van der Waals surface area contributed by atoms with Gasteiger partial charge in [0, 0.05) is 13.6 Å². The van der Waals surface area contributed by atoms with Crippen molar-refractivity contribution in [2.75, 3.05) is 46.9 Å². The molecule has 0 aliphatic heterocycles. The highest BCUT2D eigenvalue weighted by Gasteiger charge is 2.13. The average Bonchev–Trinajstić information content (AvgIpc) is 2.25. The van der Waals surface area contributed by atoms with Gasteiger partial charge in [-0.2, -0.15) is 0 Å². The van der Waals surface area contributed by atoms with Crippen LogP contribution in [0.1, 0.15) is 13.3 Å². The number of likely N-dealkylation sites (N-methyl/N-ethyl adjacent to an activating group) is 2. The van der Waals surface area contributed by atoms with Crippen LogP contribution in [0, 0.1) is 0 Å². The minimum atomic E-state index is -0.313. The summed E-state index contributed by atoms with van der Waals surface area (Å²) < 4.78 is 4.80. The van der Waals surface area contributed by atoms with Crippen molar-refractivity contribution in [3.8, 4) is 0 Å². The third-order valence-corrected chi connectivity index (χ3v) is 2.23. The van der Waals surface area contributed by atoms with E-state index >= 15 is 0 Å². The van der Waals surface area contributed by atoms with Gasteiger partial charge in [0.25, 0.3) is 0 Å². The number of carbonyl (C=O) groups excluding carboxylic acids is 2. The largest absolute Gasteiger partial charge is 0.465 e. The Morgan fingerprint density at radius 2 is 1.88 bits per heavy atom. The van der Waals surface area contributed by atoms with E-state index in [9.17, 15) is 9.59 Å². The number of carbonyl (C=O) groups is 2. The molecule has 6 nitrogen and oxygen atoms in total. The second-order valence-electron chi connectivity index (χ2n) is 3.93. The molecule has 0 aliphatic rings. The quantitative estimate of drug-likeness (QED) is 0.572. The summed E-state index contributed by atoms with van der Waals surface area (Å²) in [5.74, 6) is -0.336. The maximum atomic E-state index is 11.7. The lowest BCUT2D eigenvalue weighted by molar-refractivity contribution is -0.144. The first-order valence-electron chi connectivity index (χ1n) is 5.79. The predicted molar refractivity (Wildman–Crippen MR) is 65.4 cm³/mol. The van der Waals surface area contributed by atoms with Crippen LogP contribution in [0.3, 0.4) is 0 Å². The lowest BCUT2D eigenvalue weighted by atomic mass is 10.3. The number of rotatable bonds is 8. The Hall–Kier alpha value is -1.14. The van der Waals surface area contributed by atoms with Gasteiger partial charge < -0.3 is 15.4 Å². The summed E-state index contributed by atoms with van der Waals surface area (Å²) >= 11 is 0. The number of amides is 1. The molecule has 1 amide bonds. The van der Waals surface area contributed by atoms with Gasteiger partial charge in [0.1, 0.15) is 0 Å². The van der Waals surface area contributed by atoms with Gasteiger partial charge in [-0.05, 0) is 26.9 Å². The molecular formula is C11H23N3O3. The van der Waals surface area contributed by atoms with Gasteiger partial charge in [-0.1, -0.05) is 0 Å². The summed E-state index contributed by atoms with van der Waals surface area (Å²) in [6.45, 7) is 3.66. The van der Waals surface area contributed by atoms with Crippen molar-refractivity contribution < 1.29 is 14.3 Å². The molecule has 0 unspecified atom stereocenters. The van der Waals surface area contributed by atoms with E-state index in [-0.39, 0.29) is 25.0 Å². The Labute approximate surface area is 103 Å². The average molecular weight is 245 g/mol. The maximum absolute atomic E-state index is 11.7. The zero-order chi connectivity index (χ0) is 13.3. The molecule has 0 saturated carbocycles. The molecular weight excluding hydrogens is 222 g/mol. The van der Waals surface area contributed by atoms with Crippen molar-refractivity contribution in [1.82, 2.24) is 9.80 Å². The standard InChI is InChI=1S/C11H23N3O3/c1-4-17-11(16)9-13(2)8-10(15)14(3)7-5-6-12/h4-9,12H2,1-3H3. The highest BCUT2D eigenvalue weighted by molar-refractivity contribution is 5.79. The summed E-state index contributed by atoms with van der Waals surface area (Å²) in [6, 6.07) is 0. The zero-order valence-corrected chi connectivity index (χ0v) is 10.9. The van der Waals surface area contributed by atoms with E-state index in [1.807, 2.05) is 0 Å². The fourth-order valence-electron chi connectivity index (χ4n) is 1.29. The summed E-state index contributed by atoms with van der Waals surface area (Å²) in [5.41, 5.74) is 5.37. The minimum absolute atomic E-state index is 0.0229. The highest BCUT2D eigenvalue weighted by atomic mass is 16.5. The SMILES string of the molecule is CCOC(=O)CN(C)CC(=O)N(C)CCCN. The molecule has 0 fully saturated rings. The molecule has 0 heterocycles. The molecule has 0 aromatic rings. The zero-order valence-electron chi connectivity index (χ0n) is 10.9. The van der Waals surface area contributed by atoms with E-state index in [2.05, 4.69) is 0 Å². The molecule has 17 heavy (non-hydrogen) atoms. The normalized spacial score (nSPS) is 10.4. The number of esters is 1. The van der Waals surface area contributed by atoms with Crippen molar-refractivity contribution in [3.63, 3.8) is 0 Å². The van der Waals surface area contributed by atoms with Crippen LogP contribution in [0.2, 0.25) is 0 Å². The Morgan fingerprint density at radius 3 is 2.41 bits per heavy atom. The molecule has 0 radical (unpaired) electrons. The van der Waals surface area contributed by atoms with Gasteiger partial charge in [-0.15, -0.1) is 0 Å². The topological polar surface area (TPSA) is 75.9 Å². The van der Waals surface area contributed by atoms with Crippen LogP contribution in [0.4, 0.5) is 0 Å². The first-order chi connectivity index (χ1) is 8.01. The first-order valence-corrected chi connectivity index (χ1v) is 5.79. The van der Waals surface area contributed by atoms with Gasteiger partial charge in [-0.3, -0.25) is 14.5 Å². The fourth-order valence-corrected chi connectivity index (χ4v) is 1.29. The molecule has 6 heteroatoms. The number of nitrogens with zero attached hydrogens (tertiary/aromatic N) is 2. The lowest BCUT2D eigenvalue weighted by Gasteiger charge is -2.21. The third-order valence-electron chi connectivity index (χ3n) is 2.23. The number of nitrogens with two attached hydrogens (primary N) is 1. The van der Waals surface area contributed by atoms with Gasteiger partial charge >= 0.3 is 5.97 Å². The van der Waals surface area contributed by atoms with Gasteiger partial charge in [-0.25, -0.2) is 0 Å². The molecule has 0 rings (SSSR count). The van der Waals surface area contributed by atoms with Crippen LogP contribution in [-0.2, 0) is 14.3 Å². The molecule has 0 aliphatic carbocycles. The van der Waals surface area contributed by atoms with Crippen LogP contribution >= 0.6 is 0 Å². The van der Waals surface area contributed by atoms with Crippen LogP contribution < -0.4 is 5.73 Å². The number of hydrogen-bond acceptors (Lipinski definition) is 5. The predicted octanol–water partition coefficient (Wildman–Crippen LogP) is -0.711. The first kappa shape index (κ1) is 15.9. The molecule has 0 aromatic carbocycles. The van der Waals surface area contributed by atoms with Gasteiger partial charge in [0.15, 0.2) is 0 Å². The smallest absolute Gasteiger partial charge is 0.320 e. The second kappa shape index (κ2) is 8.95. The Balaban J connectivity index is 3.89. The summed E-state index contributed by atoms with van der Waals surface area (Å²) in [6.07, 6.45) is 0.782. The third kappa shape index (κ3) is 7.70. The van der Waals surface area contributed by atoms with Crippen LogP contribution in [0.15, 0.2) is 0 Å². The van der Waals surface area contributed by atoms with Crippen molar-refractivity contribution in [1.29, 1.82) is 0 Å². The van der Waals surface area contributed by atoms with Gasteiger partial charge in [0.2, 0.25) is 5.91 Å². The van der Waals surface area contributed by atoms with E-state index in [0.29, 0.717) is 19.7 Å². The van der Waals surface area contributed by atoms with Crippen LogP contribution in [0.25, 0.3) is 0 Å². The number of hydrogen-bond donors (Lipinski definition) is 1. The molecule has 0 aromatic heterocycles. The summed E-state index contributed by atoms with van der Waals surface area (Å²) in [7, 11) is 3.45. The Bertz CT molecular complexity index is 246. The van der Waals surface area contributed by atoms with Crippen molar-refractivity contribution in [3.05, 3.63) is 0 Å². The Kier molecular flexibility index (Phi) is 8.35. The Morgan fingerprint density at radius 1 is 1.24 bits per heavy atom. The summed E-state index contributed by atoms with van der Waals surface area (Å²) in [5, 5.41) is 0. The van der Waals surface area contributed by atoms with E-state index in [1.54, 1.807) is 30.8 Å². The molecule has 0 bridgehead atoms. The minimum Gasteiger partial charge on any atom is -0.465 e. The lowest BCUT2D eigenvalue weighted by Crippen LogP contribution is -2.39. The van der Waals surface area contributed by atoms with Crippen LogP contribution in [-0.4, -0.2) is 68.6 Å². The maximum Gasteiger partial charge on any atom is 0.320 e. The molecule has 0 spiro atoms. The summed E-state index contributed by atoms with van der Waals surface area (Å²) in [4.78, 5) is 26.1. The molecule has 0 atom stereocenters. The van der Waals surface area contributed by atoms with Crippen molar-refractivity contribution >= 4 is 11.9 Å². The monoisotopic (exact) mass is 245 g/mol. The van der Waals surface area contributed by atoms with Gasteiger partial charge in [0.05, 0.1) is 19.7 Å². The van der Waals surface area contributed by atoms with E-state index in [0.717, 1.165) is 6.42 Å². The molecule has 0 saturated heterocycles. The van der Waals surface area contributed by atoms with Crippen LogP contribution in [0.5, 0.6) is 0 Å². The van der Waals surface area contributed by atoms with Crippen molar-refractivity contribution in [2.45, 2.75) is 13.3 Å². The van der Waals surface area contributed by atoms with E-state index < -0.39 is 0 Å². The van der Waals surface area contributed by atoms with E-state index in [4.69, 9.17) is 10.5 Å².